The van der Waals surface area contributed by atoms with Crippen LogP contribution in [-0.4, -0.2) is 50.6 Å². The number of amides is 1. The van der Waals surface area contributed by atoms with Crippen LogP contribution in [0.3, 0.4) is 0 Å². The monoisotopic (exact) mass is 417 g/mol. The van der Waals surface area contributed by atoms with E-state index in [1.54, 1.807) is 0 Å². The summed E-state index contributed by atoms with van der Waals surface area (Å²) in [6.45, 7) is 4.58. The van der Waals surface area contributed by atoms with Crippen LogP contribution in [0.5, 0.6) is 5.75 Å². The minimum absolute atomic E-state index is 0.0488. The largest absolute Gasteiger partial charge is 0.493 e. The molecule has 5 nitrogen and oxygen atoms in total. The molecule has 0 atom stereocenters. The summed E-state index contributed by atoms with van der Waals surface area (Å²) in [6, 6.07) is 15.7. The van der Waals surface area contributed by atoms with Gasteiger partial charge in [-0.3, -0.25) is 4.79 Å². The Morgan fingerprint density at radius 3 is 2.54 bits per heavy atom. The summed E-state index contributed by atoms with van der Waals surface area (Å²) in [5.41, 5.74) is 2.02. The Hall–Kier alpha value is -2.05. The van der Waals surface area contributed by atoms with Gasteiger partial charge in [0.25, 0.3) is 0 Å². The van der Waals surface area contributed by atoms with Crippen molar-refractivity contribution < 1.29 is 9.53 Å². The van der Waals surface area contributed by atoms with Crippen molar-refractivity contribution >= 4 is 33.2 Å². The van der Waals surface area contributed by atoms with Gasteiger partial charge >= 0.3 is 0 Å². The highest BCUT2D eigenvalue weighted by atomic mass is 79.9. The highest BCUT2D eigenvalue weighted by Gasteiger charge is 2.14. The first-order valence-corrected chi connectivity index (χ1v) is 9.61. The van der Waals surface area contributed by atoms with Crippen LogP contribution >= 0.6 is 15.9 Å². The molecule has 6 heteroatoms. The number of carbonyl (C=O) groups is 1. The second-order valence-corrected chi connectivity index (χ2v) is 7.36. The molecule has 2 aromatic rings. The van der Waals surface area contributed by atoms with Gasteiger partial charge in [-0.05, 0) is 49.5 Å². The highest BCUT2D eigenvalue weighted by Crippen LogP contribution is 2.20. The fourth-order valence-electron chi connectivity index (χ4n) is 2.86. The molecule has 1 fully saturated rings. The van der Waals surface area contributed by atoms with Crippen LogP contribution in [0, 0.1) is 0 Å². The lowest BCUT2D eigenvalue weighted by molar-refractivity contribution is -0.116. The van der Waals surface area contributed by atoms with Crippen molar-refractivity contribution in [3.05, 3.63) is 53.0 Å². The SMILES string of the molecule is CN1CCN(c2ccc(NC(=O)CCOc3cccc(Br)c3)cc2)CC1. The normalized spacial score (nSPS) is 14.9. The Bertz CT molecular complexity index is 728. The highest BCUT2D eigenvalue weighted by molar-refractivity contribution is 9.10. The van der Waals surface area contributed by atoms with Crippen molar-refractivity contribution in [3.8, 4) is 5.75 Å². The number of hydrogen-bond donors (Lipinski definition) is 1. The van der Waals surface area contributed by atoms with E-state index >= 15 is 0 Å². The fraction of sp³-hybridized carbons (Fsp3) is 0.350. The van der Waals surface area contributed by atoms with E-state index in [0.29, 0.717) is 13.0 Å². The number of anilines is 2. The van der Waals surface area contributed by atoms with Gasteiger partial charge in [0.15, 0.2) is 0 Å². The molecule has 0 unspecified atom stereocenters. The van der Waals surface area contributed by atoms with E-state index in [9.17, 15) is 4.79 Å². The summed E-state index contributed by atoms with van der Waals surface area (Å²) >= 11 is 3.40. The van der Waals surface area contributed by atoms with E-state index in [1.807, 2.05) is 36.4 Å². The Kier molecular flexibility index (Phi) is 6.52. The van der Waals surface area contributed by atoms with Crippen LogP contribution in [0.4, 0.5) is 11.4 Å². The summed E-state index contributed by atoms with van der Waals surface area (Å²) in [5.74, 6) is 0.705. The number of rotatable bonds is 6. The Morgan fingerprint density at radius 2 is 1.85 bits per heavy atom. The van der Waals surface area contributed by atoms with Gasteiger partial charge in [0.05, 0.1) is 13.0 Å². The molecule has 138 valence electrons. The second kappa shape index (κ2) is 9.05. The number of benzene rings is 2. The maximum atomic E-state index is 12.1. The molecule has 0 bridgehead atoms. The number of likely N-dealkylation sites (N-methyl/N-ethyl adjacent to an activating group) is 1. The third kappa shape index (κ3) is 5.47. The first kappa shape index (κ1) is 18.7. The lowest BCUT2D eigenvalue weighted by Gasteiger charge is -2.34. The molecule has 1 amide bonds. The smallest absolute Gasteiger partial charge is 0.227 e. The van der Waals surface area contributed by atoms with Gasteiger partial charge in [-0.1, -0.05) is 22.0 Å². The number of nitrogens with one attached hydrogen (secondary N) is 1. The summed E-state index contributed by atoms with van der Waals surface area (Å²) in [6.07, 6.45) is 0.312. The van der Waals surface area contributed by atoms with E-state index in [1.165, 1.54) is 5.69 Å². The Balaban J connectivity index is 1.44. The molecule has 0 radical (unpaired) electrons. The topological polar surface area (TPSA) is 44.8 Å². The molecule has 0 aromatic heterocycles. The summed E-state index contributed by atoms with van der Waals surface area (Å²) in [7, 11) is 2.15. The quantitative estimate of drug-likeness (QED) is 0.779. The predicted octanol–water partition coefficient (Wildman–Crippen LogP) is 3.61. The summed E-state index contributed by atoms with van der Waals surface area (Å²) < 4.78 is 6.56. The van der Waals surface area contributed by atoms with Crippen LogP contribution in [0.25, 0.3) is 0 Å². The number of piperazine rings is 1. The van der Waals surface area contributed by atoms with Crippen LogP contribution < -0.4 is 15.0 Å². The zero-order valence-electron chi connectivity index (χ0n) is 15.0. The summed E-state index contributed by atoms with van der Waals surface area (Å²) in [4.78, 5) is 16.8. The standard InChI is InChI=1S/C20H24BrN3O2/c1-23-10-12-24(13-11-23)18-7-5-17(6-8-18)22-20(25)9-14-26-19-4-2-3-16(21)15-19/h2-8,15H,9-14H2,1H3,(H,22,25). The van der Waals surface area contributed by atoms with Gasteiger partial charge in [0.1, 0.15) is 5.75 Å². The lowest BCUT2D eigenvalue weighted by atomic mass is 10.2. The number of halogens is 1. The van der Waals surface area contributed by atoms with E-state index in [0.717, 1.165) is 42.1 Å². The second-order valence-electron chi connectivity index (χ2n) is 6.44. The third-order valence-corrected chi connectivity index (χ3v) is 4.91. The van der Waals surface area contributed by atoms with Gasteiger partial charge in [0.2, 0.25) is 5.91 Å². The first-order valence-electron chi connectivity index (χ1n) is 8.82. The lowest BCUT2D eigenvalue weighted by Crippen LogP contribution is -2.44. The van der Waals surface area contributed by atoms with E-state index in [2.05, 4.69) is 50.2 Å². The third-order valence-electron chi connectivity index (χ3n) is 4.41. The van der Waals surface area contributed by atoms with Crippen LogP contribution in [0.15, 0.2) is 53.0 Å². The number of nitrogens with zero attached hydrogens (tertiary/aromatic N) is 2. The van der Waals surface area contributed by atoms with Crippen LogP contribution in [0.1, 0.15) is 6.42 Å². The van der Waals surface area contributed by atoms with Crippen molar-refractivity contribution in [2.24, 2.45) is 0 Å². The molecule has 3 rings (SSSR count). The van der Waals surface area contributed by atoms with Crippen molar-refractivity contribution in [1.29, 1.82) is 0 Å². The summed E-state index contributed by atoms with van der Waals surface area (Å²) in [5, 5.41) is 2.92. The number of carbonyl (C=O) groups excluding carboxylic acids is 1. The van der Waals surface area contributed by atoms with Crippen molar-refractivity contribution in [2.45, 2.75) is 6.42 Å². The van der Waals surface area contributed by atoms with Crippen molar-refractivity contribution in [3.63, 3.8) is 0 Å². The molecule has 2 aromatic carbocycles. The minimum Gasteiger partial charge on any atom is -0.493 e. The maximum Gasteiger partial charge on any atom is 0.227 e. The molecule has 1 aliphatic rings. The average molecular weight is 418 g/mol. The Morgan fingerprint density at radius 1 is 1.12 bits per heavy atom. The molecule has 0 saturated carbocycles. The zero-order chi connectivity index (χ0) is 18.4. The number of hydrogen-bond acceptors (Lipinski definition) is 4. The van der Waals surface area contributed by atoms with Gasteiger partial charge in [-0.2, -0.15) is 0 Å². The zero-order valence-corrected chi connectivity index (χ0v) is 16.5. The van der Waals surface area contributed by atoms with E-state index < -0.39 is 0 Å². The Labute approximate surface area is 163 Å². The predicted molar refractivity (Wildman–Crippen MR) is 109 cm³/mol. The average Bonchev–Trinajstić information content (AvgIpc) is 2.63. The van der Waals surface area contributed by atoms with Gasteiger partial charge in [0, 0.05) is 42.0 Å². The van der Waals surface area contributed by atoms with E-state index in [4.69, 9.17) is 4.74 Å². The van der Waals surface area contributed by atoms with E-state index in [-0.39, 0.29) is 5.91 Å². The molecular formula is C20H24BrN3O2. The number of ether oxygens (including phenoxy) is 1. The van der Waals surface area contributed by atoms with Crippen LogP contribution in [-0.2, 0) is 4.79 Å². The van der Waals surface area contributed by atoms with Crippen molar-refractivity contribution in [1.82, 2.24) is 4.90 Å². The molecule has 1 saturated heterocycles. The molecule has 0 aliphatic carbocycles. The molecule has 1 aliphatic heterocycles. The molecule has 0 spiro atoms. The van der Waals surface area contributed by atoms with Gasteiger partial charge < -0.3 is 19.9 Å². The maximum absolute atomic E-state index is 12.1. The molecular weight excluding hydrogens is 394 g/mol. The first-order chi connectivity index (χ1) is 12.6. The fourth-order valence-corrected chi connectivity index (χ4v) is 3.24. The van der Waals surface area contributed by atoms with Crippen LogP contribution in [0.2, 0.25) is 0 Å². The molecule has 26 heavy (non-hydrogen) atoms. The minimum atomic E-state index is -0.0488. The van der Waals surface area contributed by atoms with Crippen molar-refractivity contribution in [2.75, 3.05) is 50.1 Å². The molecule has 1 heterocycles. The van der Waals surface area contributed by atoms with Gasteiger partial charge in [-0.25, -0.2) is 0 Å². The molecule has 1 N–H and O–H groups in total. The van der Waals surface area contributed by atoms with Gasteiger partial charge in [-0.15, -0.1) is 0 Å².